The van der Waals surface area contributed by atoms with Gasteiger partial charge in [-0.2, -0.15) is 0 Å². The second-order valence-corrected chi connectivity index (χ2v) is 3.94. The summed E-state index contributed by atoms with van der Waals surface area (Å²) >= 11 is 2.26. The molecule has 0 heterocycles. The Morgan fingerprint density at radius 2 is 1.89 bits per heavy atom. The van der Waals surface area contributed by atoms with Gasteiger partial charge in [-0.15, -0.1) is 0 Å². The Labute approximate surface area is 72.2 Å². The highest BCUT2D eigenvalue weighted by molar-refractivity contribution is 14.1. The van der Waals surface area contributed by atoms with Gasteiger partial charge in [-0.1, -0.05) is 0 Å². The molecule has 2 nitrogen and oxygen atoms in total. The second kappa shape index (κ2) is 3.78. The molecule has 1 N–H and O–H groups in total. The predicted molar refractivity (Wildman–Crippen MR) is 50.4 cm³/mol. The van der Waals surface area contributed by atoms with Crippen LogP contribution in [0.1, 0.15) is 20.8 Å². The Balaban J connectivity index is 3.59. The van der Waals surface area contributed by atoms with Crippen LogP contribution >= 0.6 is 22.9 Å². The molecule has 0 saturated carbocycles. The molecule has 0 fully saturated rings. The summed E-state index contributed by atoms with van der Waals surface area (Å²) in [5.74, 6) is 0. The van der Waals surface area contributed by atoms with Crippen LogP contribution in [-0.4, -0.2) is 23.2 Å². The van der Waals surface area contributed by atoms with Crippen molar-refractivity contribution in [3.63, 3.8) is 0 Å². The minimum absolute atomic E-state index is 0.212. The first kappa shape index (κ1) is 9.71. The van der Waals surface area contributed by atoms with E-state index in [2.05, 4.69) is 51.9 Å². The van der Waals surface area contributed by atoms with Gasteiger partial charge in [-0.3, -0.25) is 3.02 Å². The fourth-order valence-electron chi connectivity index (χ4n) is 0.307. The molecule has 9 heavy (non-hydrogen) atoms. The molecule has 0 aromatic rings. The summed E-state index contributed by atoms with van der Waals surface area (Å²) in [6.45, 7) is 6.48. The third-order valence-electron chi connectivity index (χ3n) is 0.883. The van der Waals surface area contributed by atoms with Crippen LogP contribution in [0.2, 0.25) is 0 Å². The standard InChI is InChI=1S/C5H13BIN2/c1-5(2,3)9(7)6-8-4/h8H,1-4H3. The van der Waals surface area contributed by atoms with Crippen molar-refractivity contribution < 1.29 is 0 Å². The highest BCUT2D eigenvalue weighted by atomic mass is 127. The summed E-state index contributed by atoms with van der Waals surface area (Å²) in [7, 11) is 3.85. The molecule has 0 aliphatic carbocycles. The van der Waals surface area contributed by atoms with Crippen molar-refractivity contribution in [2.45, 2.75) is 26.3 Å². The molecule has 0 aliphatic rings. The lowest BCUT2D eigenvalue weighted by Gasteiger charge is -2.28. The molecule has 0 amide bonds. The molecule has 0 aromatic heterocycles. The smallest absolute Gasteiger partial charge is 0.320 e. The lowest BCUT2D eigenvalue weighted by molar-refractivity contribution is 0.415. The fourth-order valence-corrected chi connectivity index (χ4v) is 0.586. The summed E-state index contributed by atoms with van der Waals surface area (Å²) in [6.07, 6.45) is 0. The summed E-state index contributed by atoms with van der Waals surface area (Å²) in [5, 5.41) is 2.97. The van der Waals surface area contributed by atoms with E-state index < -0.39 is 0 Å². The Bertz CT molecular complexity index is 81.5. The van der Waals surface area contributed by atoms with Gasteiger partial charge in [0, 0.05) is 28.4 Å². The average molecular weight is 239 g/mol. The van der Waals surface area contributed by atoms with E-state index in [9.17, 15) is 0 Å². The van der Waals surface area contributed by atoms with Crippen LogP contribution in [0.5, 0.6) is 0 Å². The van der Waals surface area contributed by atoms with Crippen molar-refractivity contribution in [3.05, 3.63) is 0 Å². The van der Waals surface area contributed by atoms with Gasteiger partial charge >= 0.3 is 7.55 Å². The average Bonchev–Trinajstić information content (AvgIpc) is 1.64. The summed E-state index contributed by atoms with van der Waals surface area (Å²) in [4.78, 5) is 0. The fraction of sp³-hybridized carbons (Fsp3) is 1.00. The van der Waals surface area contributed by atoms with Crippen LogP contribution < -0.4 is 5.23 Å². The molecule has 0 rings (SSSR count). The molecule has 0 spiro atoms. The van der Waals surface area contributed by atoms with E-state index in [1.54, 1.807) is 0 Å². The van der Waals surface area contributed by atoms with E-state index in [1.165, 1.54) is 0 Å². The molecular formula is C5H13BIN2. The molecule has 0 bridgehead atoms. The van der Waals surface area contributed by atoms with E-state index in [-0.39, 0.29) is 5.54 Å². The molecule has 0 unspecified atom stereocenters. The van der Waals surface area contributed by atoms with Gasteiger partial charge in [0.1, 0.15) is 0 Å². The number of nitrogens with zero attached hydrogens (tertiary/aromatic N) is 1. The minimum atomic E-state index is 0.212. The Morgan fingerprint density at radius 3 is 2.00 bits per heavy atom. The van der Waals surface area contributed by atoms with Gasteiger partial charge in [0.25, 0.3) is 0 Å². The Morgan fingerprint density at radius 1 is 1.44 bits per heavy atom. The zero-order valence-corrected chi connectivity index (χ0v) is 8.56. The predicted octanol–water partition coefficient (Wildman–Crippen LogP) is 1.19. The SMILES string of the molecule is CN[B]N(I)C(C)(C)C. The first-order valence-electron chi connectivity index (χ1n) is 2.94. The van der Waals surface area contributed by atoms with E-state index >= 15 is 0 Å². The largest absolute Gasteiger partial charge is 0.348 e. The van der Waals surface area contributed by atoms with Crippen molar-refractivity contribution in [2.24, 2.45) is 0 Å². The van der Waals surface area contributed by atoms with Gasteiger partial charge in [-0.25, -0.2) is 0 Å². The number of hydrogen-bond acceptors (Lipinski definition) is 2. The van der Waals surface area contributed by atoms with E-state index in [0.29, 0.717) is 0 Å². The minimum Gasteiger partial charge on any atom is -0.348 e. The molecule has 0 atom stereocenters. The lowest BCUT2D eigenvalue weighted by atomic mass is 10.0. The molecular weight excluding hydrogens is 226 g/mol. The van der Waals surface area contributed by atoms with Gasteiger partial charge in [0.2, 0.25) is 0 Å². The third-order valence-corrected chi connectivity index (χ3v) is 2.61. The van der Waals surface area contributed by atoms with Crippen LogP contribution in [0.3, 0.4) is 0 Å². The summed E-state index contributed by atoms with van der Waals surface area (Å²) in [6, 6.07) is 0. The topological polar surface area (TPSA) is 15.3 Å². The maximum Gasteiger partial charge on any atom is 0.320 e. The highest BCUT2D eigenvalue weighted by Gasteiger charge is 2.17. The van der Waals surface area contributed by atoms with Gasteiger partial charge in [-0.05, 0) is 27.8 Å². The first-order valence-corrected chi connectivity index (χ1v) is 3.90. The van der Waals surface area contributed by atoms with E-state index in [4.69, 9.17) is 0 Å². The first-order chi connectivity index (χ1) is 3.98. The highest BCUT2D eigenvalue weighted by Crippen LogP contribution is 2.14. The van der Waals surface area contributed by atoms with Crippen LogP contribution in [0, 0.1) is 0 Å². The van der Waals surface area contributed by atoms with E-state index in [1.807, 2.05) is 14.6 Å². The normalized spacial score (nSPS) is 12.2. The monoisotopic (exact) mass is 239 g/mol. The molecule has 0 aromatic carbocycles. The van der Waals surface area contributed by atoms with Crippen molar-refractivity contribution >= 4 is 30.4 Å². The number of hydrogen-bond donors (Lipinski definition) is 1. The van der Waals surface area contributed by atoms with Crippen LogP contribution in [-0.2, 0) is 0 Å². The molecule has 53 valence electrons. The van der Waals surface area contributed by atoms with Crippen LogP contribution in [0.25, 0.3) is 0 Å². The molecule has 0 saturated heterocycles. The van der Waals surface area contributed by atoms with Crippen LogP contribution in [0.4, 0.5) is 0 Å². The summed E-state index contributed by atoms with van der Waals surface area (Å²) in [5.41, 5.74) is 0.212. The zero-order chi connectivity index (χ0) is 7.49. The quantitative estimate of drug-likeness (QED) is 0.442. The molecule has 4 heteroatoms. The maximum atomic E-state index is 2.97. The van der Waals surface area contributed by atoms with Gasteiger partial charge in [0.05, 0.1) is 0 Å². The third kappa shape index (κ3) is 4.16. The maximum absolute atomic E-state index is 2.97. The zero-order valence-electron chi connectivity index (χ0n) is 6.40. The number of halogens is 1. The number of rotatable bonds is 2. The second-order valence-electron chi connectivity index (χ2n) is 2.90. The van der Waals surface area contributed by atoms with Crippen molar-refractivity contribution in [3.8, 4) is 0 Å². The van der Waals surface area contributed by atoms with Crippen molar-refractivity contribution in [1.29, 1.82) is 0 Å². The lowest BCUT2D eigenvalue weighted by Crippen LogP contribution is -2.41. The van der Waals surface area contributed by atoms with Gasteiger partial charge < -0.3 is 5.23 Å². The van der Waals surface area contributed by atoms with Crippen LogP contribution in [0.15, 0.2) is 0 Å². The van der Waals surface area contributed by atoms with Crippen molar-refractivity contribution in [1.82, 2.24) is 8.25 Å². The van der Waals surface area contributed by atoms with Gasteiger partial charge in [0.15, 0.2) is 0 Å². The van der Waals surface area contributed by atoms with Crippen molar-refractivity contribution in [2.75, 3.05) is 7.05 Å². The molecule has 0 aliphatic heterocycles. The Hall–Kier alpha value is 0.715. The summed E-state index contributed by atoms with van der Waals surface area (Å²) < 4.78 is 2.10. The molecule has 1 radical (unpaired) electrons. The van der Waals surface area contributed by atoms with E-state index in [0.717, 1.165) is 0 Å². The Kier molecular flexibility index (Phi) is 4.08. The number of nitrogens with one attached hydrogen (secondary N) is 1.